The number of hydrogen-bond acceptors (Lipinski definition) is 3. The molecular weight excluding hydrogens is 348 g/mol. The molecule has 0 aliphatic carbocycles. The molecule has 0 aliphatic heterocycles. The van der Waals surface area contributed by atoms with E-state index in [4.69, 9.17) is 10.5 Å². The molecule has 0 saturated carbocycles. The average molecular weight is 389 g/mol. The zero-order valence-electron chi connectivity index (χ0n) is 19.3. The smallest absolute Gasteiger partial charge is 0.267 e. The topological polar surface area (TPSA) is 64.7 Å². The summed E-state index contributed by atoms with van der Waals surface area (Å²) in [5, 5.41) is 0. The Labute approximate surface area is 172 Å². The van der Waals surface area contributed by atoms with E-state index in [1.54, 1.807) is 0 Å². The van der Waals surface area contributed by atoms with Gasteiger partial charge in [0.25, 0.3) is 5.91 Å². The Balaban J connectivity index is 0.000000576. The maximum atomic E-state index is 10.7. The Bertz CT molecular complexity index is 662. The first-order chi connectivity index (χ1) is 12.9. The molecule has 1 aromatic rings. The highest BCUT2D eigenvalue weighted by Gasteiger charge is 2.17. The minimum atomic E-state index is -0.466. The fourth-order valence-corrected chi connectivity index (χ4v) is 2.20. The number of benzene rings is 1. The number of hydrogen-bond donors (Lipinski definition) is 1. The highest BCUT2D eigenvalue weighted by molar-refractivity contribution is 5.95. The second-order valence-corrected chi connectivity index (χ2v) is 8.36. The van der Waals surface area contributed by atoms with Gasteiger partial charge in [0.05, 0.1) is 6.61 Å². The van der Waals surface area contributed by atoms with Gasteiger partial charge in [-0.2, -0.15) is 0 Å². The summed E-state index contributed by atoms with van der Waals surface area (Å²) in [5.41, 5.74) is 8.77. The van der Waals surface area contributed by atoms with Crippen LogP contribution in [0.1, 0.15) is 80.7 Å². The molecule has 1 rings (SSSR count). The third kappa shape index (κ3) is 9.72. The van der Waals surface area contributed by atoms with Crippen molar-refractivity contribution in [2.75, 3.05) is 6.61 Å². The number of amides is 1. The van der Waals surface area contributed by atoms with Crippen LogP contribution in [0.3, 0.4) is 0 Å². The van der Waals surface area contributed by atoms with Gasteiger partial charge >= 0.3 is 0 Å². The number of nitrogens with zero attached hydrogens (tertiary/aromatic N) is 1. The Kier molecular flexibility index (Phi) is 11.4. The SMILES string of the molecule is CC(C)=NC(C(N)=O)=C(C)C.CCC(C)COc1ccc(C(C)(C)CC)cc1. The predicted molar refractivity (Wildman–Crippen MR) is 121 cm³/mol. The van der Waals surface area contributed by atoms with Gasteiger partial charge in [-0.15, -0.1) is 0 Å². The molecule has 1 amide bonds. The number of rotatable bonds is 8. The third-order valence-electron chi connectivity index (χ3n) is 4.79. The van der Waals surface area contributed by atoms with Crippen LogP contribution >= 0.6 is 0 Å². The fourth-order valence-electron chi connectivity index (χ4n) is 2.20. The molecule has 0 aliphatic rings. The largest absolute Gasteiger partial charge is 0.493 e. The van der Waals surface area contributed by atoms with Crippen molar-refractivity contribution in [1.29, 1.82) is 0 Å². The first-order valence-electron chi connectivity index (χ1n) is 10.2. The minimum Gasteiger partial charge on any atom is -0.493 e. The summed E-state index contributed by atoms with van der Waals surface area (Å²) in [4.78, 5) is 14.7. The van der Waals surface area contributed by atoms with Crippen molar-refractivity contribution in [2.45, 2.75) is 80.6 Å². The molecule has 1 aromatic carbocycles. The van der Waals surface area contributed by atoms with E-state index < -0.39 is 5.91 Å². The molecule has 158 valence electrons. The summed E-state index contributed by atoms with van der Waals surface area (Å²) in [7, 11) is 0. The third-order valence-corrected chi connectivity index (χ3v) is 4.79. The van der Waals surface area contributed by atoms with Crippen LogP contribution in [0, 0.1) is 5.92 Å². The van der Waals surface area contributed by atoms with Crippen molar-refractivity contribution >= 4 is 11.6 Å². The predicted octanol–water partition coefficient (Wildman–Crippen LogP) is 6.05. The highest BCUT2D eigenvalue weighted by Crippen LogP contribution is 2.28. The molecule has 0 saturated heterocycles. The van der Waals surface area contributed by atoms with Gasteiger partial charge < -0.3 is 10.5 Å². The van der Waals surface area contributed by atoms with E-state index in [2.05, 4.69) is 63.9 Å². The first-order valence-corrected chi connectivity index (χ1v) is 10.2. The van der Waals surface area contributed by atoms with Crippen LogP contribution < -0.4 is 10.5 Å². The van der Waals surface area contributed by atoms with Crippen molar-refractivity contribution in [3.05, 3.63) is 41.1 Å². The summed E-state index contributed by atoms with van der Waals surface area (Å²) in [6.45, 7) is 19.3. The number of allylic oxidation sites excluding steroid dienone is 1. The summed E-state index contributed by atoms with van der Waals surface area (Å²) in [6, 6.07) is 8.56. The average Bonchev–Trinajstić information content (AvgIpc) is 2.64. The van der Waals surface area contributed by atoms with Gasteiger partial charge in [0.2, 0.25) is 0 Å². The molecule has 1 atom stereocenters. The second-order valence-electron chi connectivity index (χ2n) is 8.36. The number of carbonyl (C=O) groups is 1. The van der Waals surface area contributed by atoms with Crippen LogP contribution in [-0.4, -0.2) is 18.2 Å². The molecule has 28 heavy (non-hydrogen) atoms. The molecule has 0 radical (unpaired) electrons. The summed E-state index contributed by atoms with van der Waals surface area (Å²) in [6.07, 6.45) is 2.32. The molecule has 0 heterocycles. The molecule has 4 nitrogen and oxygen atoms in total. The summed E-state index contributed by atoms with van der Waals surface area (Å²) >= 11 is 0. The maximum absolute atomic E-state index is 10.7. The molecular formula is C24H40N2O2. The van der Waals surface area contributed by atoms with Crippen LogP contribution in [0.25, 0.3) is 0 Å². The van der Waals surface area contributed by atoms with Gasteiger partial charge in [-0.05, 0) is 68.7 Å². The lowest BCUT2D eigenvalue weighted by Crippen LogP contribution is -2.15. The lowest BCUT2D eigenvalue weighted by atomic mass is 9.82. The molecule has 0 bridgehead atoms. The number of nitrogens with two attached hydrogens (primary N) is 1. The first kappa shape index (κ1) is 25.9. The zero-order chi connectivity index (χ0) is 21.9. The van der Waals surface area contributed by atoms with Crippen LogP contribution in [0.2, 0.25) is 0 Å². The van der Waals surface area contributed by atoms with Crippen molar-refractivity contribution < 1.29 is 9.53 Å². The van der Waals surface area contributed by atoms with Crippen molar-refractivity contribution in [3.63, 3.8) is 0 Å². The Hall–Kier alpha value is -2.10. The molecule has 0 aromatic heterocycles. The van der Waals surface area contributed by atoms with Crippen LogP contribution in [0.5, 0.6) is 5.75 Å². The van der Waals surface area contributed by atoms with Gasteiger partial charge in [0.1, 0.15) is 11.4 Å². The lowest BCUT2D eigenvalue weighted by molar-refractivity contribution is -0.114. The summed E-state index contributed by atoms with van der Waals surface area (Å²) < 4.78 is 5.76. The second kappa shape index (κ2) is 12.4. The fraction of sp³-hybridized carbons (Fsp3) is 0.583. The van der Waals surface area contributed by atoms with E-state index in [0.29, 0.717) is 11.6 Å². The van der Waals surface area contributed by atoms with Crippen LogP contribution in [-0.2, 0) is 10.2 Å². The number of primary amides is 1. The van der Waals surface area contributed by atoms with Crippen LogP contribution in [0.4, 0.5) is 0 Å². The molecule has 1 unspecified atom stereocenters. The summed E-state index contributed by atoms with van der Waals surface area (Å²) in [5.74, 6) is 1.15. The van der Waals surface area contributed by atoms with E-state index >= 15 is 0 Å². The number of carbonyl (C=O) groups excluding carboxylic acids is 1. The maximum Gasteiger partial charge on any atom is 0.267 e. The van der Waals surface area contributed by atoms with Gasteiger partial charge in [0.15, 0.2) is 0 Å². The Morgan fingerprint density at radius 2 is 1.64 bits per heavy atom. The Morgan fingerprint density at radius 3 is 1.96 bits per heavy atom. The zero-order valence-corrected chi connectivity index (χ0v) is 19.3. The van der Waals surface area contributed by atoms with Crippen molar-refractivity contribution in [2.24, 2.45) is 16.6 Å². The Morgan fingerprint density at radius 1 is 1.11 bits per heavy atom. The minimum absolute atomic E-state index is 0.259. The molecule has 4 heteroatoms. The number of aliphatic imine (C=N–C) groups is 1. The molecule has 2 N–H and O–H groups in total. The monoisotopic (exact) mass is 388 g/mol. The van der Waals surface area contributed by atoms with E-state index in [1.807, 2.05) is 27.7 Å². The van der Waals surface area contributed by atoms with E-state index in [0.717, 1.165) is 30.1 Å². The standard InChI is InChI=1S/C16H26O.C8H14N2O/c1-6-13(3)12-17-15-10-8-14(9-11-15)16(4,5)7-2;1-5(2)7(8(9)11)10-6(3)4/h8-11,13H,6-7,12H2,1-5H3;1-4H3,(H2,9,11). The van der Waals surface area contributed by atoms with E-state index in [1.165, 1.54) is 12.0 Å². The van der Waals surface area contributed by atoms with Gasteiger partial charge in [0, 0.05) is 5.71 Å². The molecule has 0 fully saturated rings. The normalized spacial score (nSPS) is 11.6. The highest BCUT2D eigenvalue weighted by atomic mass is 16.5. The van der Waals surface area contributed by atoms with Crippen molar-refractivity contribution in [1.82, 2.24) is 0 Å². The van der Waals surface area contributed by atoms with Gasteiger partial charge in [-0.1, -0.05) is 53.2 Å². The van der Waals surface area contributed by atoms with E-state index in [9.17, 15) is 4.79 Å². The molecule has 0 spiro atoms. The van der Waals surface area contributed by atoms with Crippen LogP contribution in [0.15, 0.2) is 40.5 Å². The quantitative estimate of drug-likeness (QED) is 0.435. The number of ether oxygens (including phenoxy) is 1. The van der Waals surface area contributed by atoms with Gasteiger partial charge in [-0.3, -0.25) is 9.79 Å². The van der Waals surface area contributed by atoms with Gasteiger partial charge in [-0.25, -0.2) is 0 Å². The van der Waals surface area contributed by atoms with E-state index in [-0.39, 0.29) is 5.41 Å². The van der Waals surface area contributed by atoms with Crippen molar-refractivity contribution in [3.8, 4) is 5.75 Å². The lowest BCUT2D eigenvalue weighted by Gasteiger charge is -2.23.